The van der Waals surface area contributed by atoms with E-state index >= 15 is 0 Å². The van der Waals surface area contributed by atoms with Gasteiger partial charge >= 0.3 is 6.03 Å². The third kappa shape index (κ3) is 5.13. The highest BCUT2D eigenvalue weighted by Crippen LogP contribution is 2.27. The quantitative estimate of drug-likeness (QED) is 0.287. The van der Waals surface area contributed by atoms with Gasteiger partial charge in [-0.3, -0.25) is 0 Å². The van der Waals surface area contributed by atoms with Crippen LogP contribution in [0.2, 0.25) is 0 Å². The van der Waals surface area contributed by atoms with Crippen LogP contribution >= 0.6 is 0 Å². The Balaban J connectivity index is 1.53. The number of fused-ring (bicyclic) bond motifs is 1. The third-order valence-electron chi connectivity index (χ3n) is 5.20. The van der Waals surface area contributed by atoms with Crippen LogP contribution in [0.4, 0.5) is 10.5 Å². The van der Waals surface area contributed by atoms with E-state index < -0.39 is 6.03 Å². The van der Waals surface area contributed by atoms with Crippen LogP contribution < -0.4 is 15.5 Å². The maximum absolute atomic E-state index is 12.3. The van der Waals surface area contributed by atoms with Crippen molar-refractivity contribution in [3.8, 4) is 5.75 Å². The standard InChI is InChI=1S/C27H25N3O2/c1-19-11-13-21(14-12-19)18-32-26-16-15-22-8-4-5-9-23(22)24(26)17-28-30-27(31)29-25-10-6-3-7-20(25)2/h3-17H,18H2,1-2H3,(H2,29,30,31). The average molecular weight is 424 g/mol. The van der Waals surface area contributed by atoms with Crippen LogP contribution in [0.3, 0.4) is 0 Å². The molecule has 5 heteroatoms. The van der Waals surface area contributed by atoms with Crippen molar-refractivity contribution in [2.75, 3.05) is 5.32 Å². The lowest BCUT2D eigenvalue weighted by Gasteiger charge is -2.12. The first-order chi connectivity index (χ1) is 15.6. The molecule has 5 nitrogen and oxygen atoms in total. The molecule has 0 atom stereocenters. The minimum absolute atomic E-state index is 0.405. The maximum Gasteiger partial charge on any atom is 0.339 e. The van der Waals surface area contributed by atoms with Gasteiger partial charge in [0.2, 0.25) is 0 Å². The molecule has 0 saturated heterocycles. The molecule has 0 heterocycles. The van der Waals surface area contributed by atoms with Crippen LogP contribution in [-0.4, -0.2) is 12.2 Å². The van der Waals surface area contributed by atoms with Crippen molar-refractivity contribution in [2.45, 2.75) is 20.5 Å². The molecule has 0 aliphatic carbocycles. The van der Waals surface area contributed by atoms with Crippen LogP contribution in [0.5, 0.6) is 5.75 Å². The van der Waals surface area contributed by atoms with Gasteiger partial charge < -0.3 is 10.1 Å². The van der Waals surface area contributed by atoms with Crippen LogP contribution in [0.15, 0.2) is 90.0 Å². The molecule has 2 amide bonds. The van der Waals surface area contributed by atoms with Crippen LogP contribution in [0, 0.1) is 13.8 Å². The number of nitrogens with one attached hydrogen (secondary N) is 2. The number of ether oxygens (including phenoxy) is 1. The van der Waals surface area contributed by atoms with Crippen molar-refractivity contribution in [1.82, 2.24) is 5.43 Å². The summed E-state index contributed by atoms with van der Waals surface area (Å²) in [6.45, 7) is 4.44. The number of urea groups is 1. The monoisotopic (exact) mass is 423 g/mol. The summed E-state index contributed by atoms with van der Waals surface area (Å²) in [5.74, 6) is 0.703. The average Bonchev–Trinajstić information content (AvgIpc) is 2.81. The summed E-state index contributed by atoms with van der Waals surface area (Å²) in [6, 6.07) is 27.4. The van der Waals surface area contributed by atoms with Crippen molar-refractivity contribution < 1.29 is 9.53 Å². The Kier molecular flexibility index (Phi) is 6.46. The molecule has 0 radical (unpaired) electrons. The van der Waals surface area contributed by atoms with Crippen molar-refractivity contribution in [2.24, 2.45) is 5.10 Å². The zero-order valence-electron chi connectivity index (χ0n) is 18.1. The predicted octanol–water partition coefficient (Wildman–Crippen LogP) is 6.19. The number of carbonyl (C=O) groups excluding carboxylic acids is 1. The number of hydrazone groups is 1. The van der Waals surface area contributed by atoms with Gasteiger partial charge in [-0.25, -0.2) is 10.2 Å². The van der Waals surface area contributed by atoms with Gasteiger partial charge in [0.1, 0.15) is 12.4 Å². The number of carbonyl (C=O) groups is 1. The van der Waals surface area contributed by atoms with E-state index in [1.54, 1.807) is 6.21 Å². The molecule has 0 fully saturated rings. The summed E-state index contributed by atoms with van der Waals surface area (Å²) in [5, 5.41) is 9.05. The molecule has 0 saturated carbocycles. The number of nitrogens with zero attached hydrogens (tertiary/aromatic N) is 1. The lowest BCUT2D eigenvalue weighted by Crippen LogP contribution is -2.24. The summed E-state index contributed by atoms with van der Waals surface area (Å²) < 4.78 is 6.12. The van der Waals surface area contributed by atoms with E-state index in [1.165, 1.54) is 5.56 Å². The number of hydrogen-bond donors (Lipinski definition) is 2. The Hall–Kier alpha value is -4.12. The number of hydrogen-bond acceptors (Lipinski definition) is 3. The first kappa shape index (κ1) is 21.1. The molecule has 2 N–H and O–H groups in total. The van der Waals surface area contributed by atoms with E-state index in [-0.39, 0.29) is 0 Å². The molecule has 4 aromatic rings. The number of anilines is 1. The van der Waals surface area contributed by atoms with Crippen molar-refractivity contribution in [1.29, 1.82) is 0 Å². The fourth-order valence-electron chi connectivity index (χ4n) is 3.40. The van der Waals surface area contributed by atoms with Gasteiger partial charge in [0.15, 0.2) is 0 Å². The largest absolute Gasteiger partial charge is 0.488 e. The number of benzene rings is 4. The summed E-state index contributed by atoms with van der Waals surface area (Å²) in [6.07, 6.45) is 1.63. The highest BCUT2D eigenvalue weighted by molar-refractivity contribution is 6.03. The normalized spacial score (nSPS) is 10.9. The molecular formula is C27H25N3O2. The summed E-state index contributed by atoms with van der Waals surface area (Å²) >= 11 is 0. The molecule has 32 heavy (non-hydrogen) atoms. The second-order valence-corrected chi connectivity index (χ2v) is 7.61. The molecule has 0 bridgehead atoms. The SMILES string of the molecule is Cc1ccc(COc2ccc3ccccc3c2C=NNC(=O)Nc2ccccc2C)cc1. The smallest absolute Gasteiger partial charge is 0.339 e. The molecule has 4 aromatic carbocycles. The van der Waals surface area contributed by atoms with E-state index in [2.05, 4.69) is 47.0 Å². The van der Waals surface area contributed by atoms with Crippen molar-refractivity contribution in [3.05, 3.63) is 107 Å². The number of aryl methyl sites for hydroxylation is 2. The number of amides is 2. The van der Waals surface area contributed by atoms with Crippen molar-refractivity contribution >= 4 is 28.7 Å². The van der Waals surface area contributed by atoms with Gasteiger partial charge in [0, 0.05) is 11.3 Å². The third-order valence-corrected chi connectivity index (χ3v) is 5.20. The van der Waals surface area contributed by atoms with E-state index in [9.17, 15) is 4.79 Å². The summed E-state index contributed by atoms with van der Waals surface area (Å²) in [4.78, 5) is 12.3. The fourth-order valence-corrected chi connectivity index (χ4v) is 3.40. The van der Waals surface area contributed by atoms with Gasteiger partial charge in [-0.2, -0.15) is 5.10 Å². The van der Waals surface area contributed by atoms with Gasteiger partial charge in [0.05, 0.1) is 6.21 Å². The minimum atomic E-state index is -0.405. The Morgan fingerprint density at radius 3 is 2.47 bits per heavy atom. The summed E-state index contributed by atoms with van der Waals surface area (Å²) in [7, 11) is 0. The molecule has 0 aromatic heterocycles. The first-order valence-corrected chi connectivity index (χ1v) is 10.5. The number of para-hydroxylation sites is 1. The predicted molar refractivity (Wildman–Crippen MR) is 130 cm³/mol. The molecule has 160 valence electrons. The lowest BCUT2D eigenvalue weighted by atomic mass is 10.0. The molecular weight excluding hydrogens is 398 g/mol. The topological polar surface area (TPSA) is 62.7 Å². The second kappa shape index (κ2) is 9.79. The van der Waals surface area contributed by atoms with Gasteiger partial charge in [0.25, 0.3) is 0 Å². The minimum Gasteiger partial charge on any atom is -0.488 e. The van der Waals surface area contributed by atoms with Gasteiger partial charge in [-0.05, 0) is 47.9 Å². The van der Waals surface area contributed by atoms with E-state index in [0.29, 0.717) is 12.4 Å². The molecule has 0 spiro atoms. The highest BCUT2D eigenvalue weighted by Gasteiger charge is 2.08. The molecule has 0 aliphatic heterocycles. The number of rotatable bonds is 6. The van der Waals surface area contributed by atoms with E-state index in [0.717, 1.165) is 33.2 Å². The second-order valence-electron chi connectivity index (χ2n) is 7.61. The Labute approximate surface area is 187 Å². The lowest BCUT2D eigenvalue weighted by molar-refractivity contribution is 0.252. The van der Waals surface area contributed by atoms with E-state index in [4.69, 9.17) is 4.74 Å². The summed E-state index contributed by atoms with van der Waals surface area (Å²) in [5.41, 5.74) is 7.37. The molecule has 4 rings (SSSR count). The van der Waals surface area contributed by atoms with E-state index in [1.807, 2.05) is 67.6 Å². The van der Waals surface area contributed by atoms with Crippen LogP contribution in [0.25, 0.3) is 10.8 Å². The van der Waals surface area contributed by atoms with Crippen LogP contribution in [0.1, 0.15) is 22.3 Å². The highest BCUT2D eigenvalue weighted by atomic mass is 16.5. The molecule has 0 aliphatic rings. The van der Waals surface area contributed by atoms with Crippen molar-refractivity contribution in [3.63, 3.8) is 0 Å². The Morgan fingerprint density at radius 2 is 1.66 bits per heavy atom. The van der Waals surface area contributed by atoms with Gasteiger partial charge in [-0.15, -0.1) is 0 Å². The van der Waals surface area contributed by atoms with Gasteiger partial charge in [-0.1, -0.05) is 78.4 Å². The zero-order valence-corrected chi connectivity index (χ0v) is 18.1. The maximum atomic E-state index is 12.3. The molecule has 0 unspecified atom stereocenters. The Morgan fingerprint density at radius 1 is 0.906 bits per heavy atom. The van der Waals surface area contributed by atoms with Crippen LogP contribution in [-0.2, 0) is 6.61 Å². The first-order valence-electron chi connectivity index (χ1n) is 10.5. The zero-order chi connectivity index (χ0) is 22.3. The Bertz CT molecular complexity index is 1260. The fraction of sp³-hybridized carbons (Fsp3) is 0.111.